The highest BCUT2D eigenvalue weighted by atomic mass is 16.5. The van der Waals surface area contributed by atoms with Gasteiger partial charge in [0.05, 0.1) is 5.92 Å². The number of H-pyrrole nitrogens is 1. The summed E-state index contributed by atoms with van der Waals surface area (Å²) in [6, 6.07) is 8.34. The van der Waals surface area contributed by atoms with E-state index in [0.29, 0.717) is 17.5 Å². The molecule has 3 aromatic rings. The Balaban J connectivity index is 1.72. The van der Waals surface area contributed by atoms with Gasteiger partial charge in [0, 0.05) is 25.5 Å². The molecule has 0 amide bonds. The van der Waals surface area contributed by atoms with Crippen molar-refractivity contribution in [1.29, 1.82) is 0 Å². The number of aromatic nitrogens is 4. The highest BCUT2D eigenvalue weighted by Crippen LogP contribution is 2.29. The summed E-state index contributed by atoms with van der Waals surface area (Å²) in [5, 5.41) is 7.38. The lowest BCUT2D eigenvalue weighted by Crippen LogP contribution is -2.28. The Bertz CT molecular complexity index is 719. The van der Waals surface area contributed by atoms with Crippen molar-refractivity contribution in [1.82, 2.24) is 25.4 Å². The minimum atomic E-state index is 0.0937. The Morgan fingerprint density at radius 3 is 3.10 bits per heavy atom. The first-order valence-corrected chi connectivity index (χ1v) is 6.53. The van der Waals surface area contributed by atoms with E-state index < -0.39 is 0 Å². The zero-order valence-electron chi connectivity index (χ0n) is 10.7. The Hall–Kier alpha value is -2.47. The summed E-state index contributed by atoms with van der Waals surface area (Å²) >= 11 is 0. The second-order valence-electron chi connectivity index (χ2n) is 4.78. The Labute approximate surface area is 115 Å². The van der Waals surface area contributed by atoms with Gasteiger partial charge < -0.3 is 14.8 Å². The maximum Gasteiger partial charge on any atom is 0.238 e. The zero-order valence-corrected chi connectivity index (χ0v) is 10.7. The summed E-state index contributed by atoms with van der Waals surface area (Å²) in [6.07, 6.45) is 3.41. The smallest absolute Gasteiger partial charge is 0.238 e. The van der Waals surface area contributed by atoms with Gasteiger partial charge in [-0.05, 0) is 11.1 Å². The first-order valence-electron chi connectivity index (χ1n) is 6.53. The molecule has 0 radical (unpaired) electrons. The average molecular weight is 267 g/mol. The number of rotatable bonds is 2. The van der Waals surface area contributed by atoms with Crippen molar-refractivity contribution in [3.63, 3.8) is 0 Å². The van der Waals surface area contributed by atoms with Crippen molar-refractivity contribution in [3.05, 3.63) is 53.7 Å². The van der Waals surface area contributed by atoms with E-state index in [0.717, 1.165) is 13.1 Å². The van der Waals surface area contributed by atoms with E-state index in [1.807, 2.05) is 12.1 Å². The molecule has 0 spiro atoms. The molecule has 0 aliphatic carbocycles. The molecule has 0 saturated heterocycles. The van der Waals surface area contributed by atoms with Gasteiger partial charge in [-0.3, -0.25) is 0 Å². The molecule has 6 nitrogen and oxygen atoms in total. The van der Waals surface area contributed by atoms with Crippen molar-refractivity contribution < 1.29 is 4.52 Å². The van der Waals surface area contributed by atoms with Crippen LogP contribution in [0.1, 0.15) is 22.9 Å². The predicted molar refractivity (Wildman–Crippen MR) is 71.9 cm³/mol. The van der Waals surface area contributed by atoms with Crippen molar-refractivity contribution in [2.24, 2.45) is 0 Å². The van der Waals surface area contributed by atoms with Crippen molar-refractivity contribution in [2.75, 3.05) is 6.54 Å². The molecule has 1 atom stereocenters. The van der Waals surface area contributed by atoms with Gasteiger partial charge >= 0.3 is 0 Å². The lowest BCUT2D eigenvalue weighted by atomic mass is 9.91. The maximum atomic E-state index is 5.42. The topological polar surface area (TPSA) is 79.6 Å². The number of nitrogens with zero attached hydrogens (tertiary/aromatic N) is 3. The van der Waals surface area contributed by atoms with Crippen LogP contribution in [0.3, 0.4) is 0 Å². The molecule has 2 aromatic heterocycles. The maximum absolute atomic E-state index is 5.42. The molecular formula is C14H13N5O. The highest BCUT2D eigenvalue weighted by molar-refractivity contribution is 5.42. The molecule has 3 heterocycles. The SMILES string of the molecule is c1ccc2c(c1)CNCC2c1nc(-c2ncc[nH]2)no1. The van der Waals surface area contributed by atoms with Gasteiger partial charge in [0.2, 0.25) is 11.7 Å². The highest BCUT2D eigenvalue weighted by Gasteiger charge is 2.26. The summed E-state index contributed by atoms with van der Waals surface area (Å²) in [5.74, 6) is 1.83. The van der Waals surface area contributed by atoms with E-state index in [4.69, 9.17) is 4.52 Å². The van der Waals surface area contributed by atoms with Crippen LogP contribution in [-0.4, -0.2) is 26.7 Å². The first-order chi connectivity index (χ1) is 9.92. The van der Waals surface area contributed by atoms with Crippen LogP contribution >= 0.6 is 0 Å². The quantitative estimate of drug-likeness (QED) is 0.738. The first kappa shape index (κ1) is 11.4. The van der Waals surface area contributed by atoms with E-state index in [-0.39, 0.29) is 5.92 Å². The van der Waals surface area contributed by atoms with Crippen molar-refractivity contribution >= 4 is 0 Å². The van der Waals surface area contributed by atoms with Crippen LogP contribution in [-0.2, 0) is 6.54 Å². The van der Waals surface area contributed by atoms with Gasteiger partial charge in [0.1, 0.15) is 0 Å². The minimum absolute atomic E-state index is 0.0937. The van der Waals surface area contributed by atoms with E-state index in [9.17, 15) is 0 Å². The molecular weight excluding hydrogens is 254 g/mol. The van der Waals surface area contributed by atoms with Gasteiger partial charge in [-0.2, -0.15) is 4.98 Å². The van der Waals surface area contributed by atoms with Crippen molar-refractivity contribution in [2.45, 2.75) is 12.5 Å². The van der Waals surface area contributed by atoms with Crippen LogP contribution in [0.15, 0.2) is 41.2 Å². The molecule has 0 bridgehead atoms. The van der Waals surface area contributed by atoms with Crippen LogP contribution in [0.5, 0.6) is 0 Å². The molecule has 0 saturated carbocycles. The fourth-order valence-electron chi connectivity index (χ4n) is 2.58. The van der Waals surface area contributed by atoms with Gasteiger partial charge in [-0.1, -0.05) is 29.4 Å². The van der Waals surface area contributed by atoms with E-state index in [1.165, 1.54) is 11.1 Å². The molecule has 1 aliphatic rings. The second-order valence-corrected chi connectivity index (χ2v) is 4.78. The summed E-state index contributed by atoms with van der Waals surface area (Å²) in [5.41, 5.74) is 2.53. The average Bonchev–Trinajstić information content (AvgIpc) is 3.17. The molecule has 6 heteroatoms. The molecule has 4 rings (SSSR count). The lowest BCUT2D eigenvalue weighted by Gasteiger charge is -2.23. The van der Waals surface area contributed by atoms with Crippen LogP contribution in [0.2, 0.25) is 0 Å². The molecule has 20 heavy (non-hydrogen) atoms. The third-order valence-electron chi connectivity index (χ3n) is 3.54. The number of imidazole rings is 1. The van der Waals surface area contributed by atoms with Crippen molar-refractivity contribution in [3.8, 4) is 11.6 Å². The monoisotopic (exact) mass is 267 g/mol. The fraction of sp³-hybridized carbons (Fsp3) is 0.214. The summed E-state index contributed by atoms with van der Waals surface area (Å²) in [6.45, 7) is 1.68. The van der Waals surface area contributed by atoms with Crippen LogP contribution in [0.25, 0.3) is 11.6 Å². The number of hydrogen-bond donors (Lipinski definition) is 2. The Morgan fingerprint density at radius 1 is 1.25 bits per heavy atom. The van der Waals surface area contributed by atoms with Gasteiger partial charge in [0.15, 0.2) is 5.82 Å². The molecule has 2 N–H and O–H groups in total. The zero-order chi connectivity index (χ0) is 13.4. The van der Waals surface area contributed by atoms with E-state index >= 15 is 0 Å². The summed E-state index contributed by atoms with van der Waals surface area (Å²) in [4.78, 5) is 11.6. The molecule has 1 unspecified atom stereocenters. The standard InChI is InChI=1S/C14H13N5O/c1-2-4-10-9(3-1)7-15-8-11(10)14-18-13(19-20-14)12-16-5-6-17-12/h1-6,11,15H,7-8H2,(H,16,17). The molecule has 1 aliphatic heterocycles. The fourth-order valence-corrected chi connectivity index (χ4v) is 2.58. The van der Waals surface area contributed by atoms with Crippen LogP contribution in [0.4, 0.5) is 0 Å². The number of fused-ring (bicyclic) bond motifs is 1. The second kappa shape index (κ2) is 4.57. The van der Waals surface area contributed by atoms with E-state index in [1.54, 1.807) is 12.4 Å². The van der Waals surface area contributed by atoms with Gasteiger partial charge in [-0.25, -0.2) is 4.98 Å². The van der Waals surface area contributed by atoms with Gasteiger partial charge in [-0.15, -0.1) is 0 Å². The van der Waals surface area contributed by atoms with Gasteiger partial charge in [0.25, 0.3) is 0 Å². The van der Waals surface area contributed by atoms with E-state index in [2.05, 4.69) is 37.6 Å². The van der Waals surface area contributed by atoms with Crippen LogP contribution < -0.4 is 5.32 Å². The third-order valence-corrected chi connectivity index (χ3v) is 3.54. The normalized spacial score (nSPS) is 17.9. The summed E-state index contributed by atoms with van der Waals surface area (Å²) in [7, 11) is 0. The third kappa shape index (κ3) is 1.81. The molecule has 100 valence electrons. The number of benzene rings is 1. The van der Waals surface area contributed by atoms with Crippen LogP contribution in [0, 0.1) is 0 Å². The predicted octanol–water partition coefficient (Wildman–Crippen LogP) is 1.69. The summed E-state index contributed by atoms with van der Waals surface area (Å²) < 4.78 is 5.42. The minimum Gasteiger partial charge on any atom is -0.342 e. The lowest BCUT2D eigenvalue weighted by molar-refractivity contribution is 0.356. The number of aromatic amines is 1. The number of nitrogens with one attached hydrogen (secondary N) is 2. The molecule has 1 aromatic carbocycles. The number of hydrogen-bond acceptors (Lipinski definition) is 5. The largest absolute Gasteiger partial charge is 0.342 e. The Morgan fingerprint density at radius 2 is 2.20 bits per heavy atom. The molecule has 0 fully saturated rings. The Kier molecular flexibility index (Phi) is 2.60.